The van der Waals surface area contributed by atoms with Crippen LogP contribution in [0, 0.1) is 0 Å². The van der Waals surface area contributed by atoms with Crippen molar-refractivity contribution in [3.05, 3.63) is 18.3 Å². The van der Waals surface area contributed by atoms with Gasteiger partial charge in [-0.2, -0.15) is 0 Å². The molecule has 2 heterocycles. The second-order valence-corrected chi connectivity index (χ2v) is 4.04. The van der Waals surface area contributed by atoms with Gasteiger partial charge in [-0.05, 0) is 18.4 Å². The van der Waals surface area contributed by atoms with E-state index >= 15 is 0 Å². The molecule has 1 aliphatic heterocycles. The van der Waals surface area contributed by atoms with Crippen molar-refractivity contribution in [1.82, 2.24) is 4.98 Å². The van der Waals surface area contributed by atoms with Gasteiger partial charge >= 0.3 is 0 Å². The largest absolute Gasteiger partial charge is 0.378 e. The number of morpholine rings is 1. The van der Waals surface area contributed by atoms with E-state index < -0.39 is 0 Å². The van der Waals surface area contributed by atoms with Gasteiger partial charge in [-0.3, -0.25) is 0 Å². The lowest BCUT2D eigenvalue weighted by molar-refractivity contribution is 0.122. The molecule has 1 fully saturated rings. The monoisotopic (exact) mass is 210 g/mol. The predicted octanol–water partition coefficient (Wildman–Crippen LogP) is 1.64. The van der Waals surface area contributed by atoms with Crippen LogP contribution in [0.4, 0.5) is 5.82 Å². The van der Waals surface area contributed by atoms with Gasteiger partial charge in [0.2, 0.25) is 0 Å². The highest BCUT2D eigenvalue weighted by Crippen LogP contribution is 2.17. The van der Waals surface area contributed by atoms with Gasteiger partial charge in [-0.1, -0.05) is 0 Å². The minimum atomic E-state index is 0.811. The molecular formula is C10H14N2OS. The first-order valence-electron chi connectivity index (χ1n) is 4.73. The molecule has 0 N–H and O–H groups in total. The Morgan fingerprint density at radius 3 is 2.71 bits per heavy atom. The maximum Gasteiger partial charge on any atom is 0.128 e. The Balaban J connectivity index is 2.07. The second kappa shape index (κ2) is 4.66. The molecule has 0 amide bonds. The lowest BCUT2D eigenvalue weighted by Gasteiger charge is -2.27. The van der Waals surface area contributed by atoms with Gasteiger partial charge in [0.05, 0.1) is 13.2 Å². The summed E-state index contributed by atoms with van der Waals surface area (Å²) in [5, 5.41) is 0. The number of nitrogens with zero attached hydrogens (tertiary/aromatic N) is 2. The summed E-state index contributed by atoms with van der Waals surface area (Å²) in [4.78, 5) is 7.89. The Hall–Kier alpha value is -0.740. The fourth-order valence-electron chi connectivity index (χ4n) is 1.47. The second-order valence-electron chi connectivity index (χ2n) is 3.16. The SMILES string of the molecule is CSc1ccc(N2CCOCC2)nc1. The standard InChI is InChI=1S/C10H14N2OS/c1-14-9-2-3-10(11-8-9)12-4-6-13-7-5-12/h2-3,8H,4-7H2,1H3. The highest BCUT2D eigenvalue weighted by Gasteiger charge is 2.11. The van der Waals surface area contributed by atoms with Crippen molar-refractivity contribution in [3.63, 3.8) is 0 Å². The first-order valence-corrected chi connectivity index (χ1v) is 5.95. The third kappa shape index (κ3) is 2.19. The number of hydrogen-bond acceptors (Lipinski definition) is 4. The molecule has 0 aromatic carbocycles. The minimum absolute atomic E-state index is 0.811. The van der Waals surface area contributed by atoms with Crippen LogP contribution >= 0.6 is 11.8 Å². The average molecular weight is 210 g/mol. The van der Waals surface area contributed by atoms with E-state index in [1.807, 2.05) is 6.20 Å². The van der Waals surface area contributed by atoms with Crippen LogP contribution in [0.1, 0.15) is 0 Å². The summed E-state index contributed by atoms with van der Waals surface area (Å²) in [6.45, 7) is 3.52. The van der Waals surface area contributed by atoms with Crippen LogP contribution in [0.3, 0.4) is 0 Å². The van der Waals surface area contributed by atoms with E-state index in [9.17, 15) is 0 Å². The van der Waals surface area contributed by atoms with Crippen LogP contribution in [0.25, 0.3) is 0 Å². The molecule has 76 valence electrons. The van der Waals surface area contributed by atoms with E-state index in [0.717, 1.165) is 32.1 Å². The van der Waals surface area contributed by atoms with Crippen LogP contribution in [-0.4, -0.2) is 37.5 Å². The zero-order valence-electron chi connectivity index (χ0n) is 8.27. The van der Waals surface area contributed by atoms with Gasteiger partial charge in [-0.15, -0.1) is 11.8 Å². The molecule has 0 spiro atoms. The van der Waals surface area contributed by atoms with Gasteiger partial charge < -0.3 is 9.64 Å². The van der Waals surface area contributed by atoms with Crippen LogP contribution < -0.4 is 4.90 Å². The summed E-state index contributed by atoms with van der Waals surface area (Å²) in [5.74, 6) is 1.06. The molecule has 0 saturated carbocycles. The van der Waals surface area contributed by atoms with E-state index in [-0.39, 0.29) is 0 Å². The van der Waals surface area contributed by atoms with Crippen LogP contribution in [0.2, 0.25) is 0 Å². The predicted molar refractivity (Wildman–Crippen MR) is 59.1 cm³/mol. The third-order valence-electron chi connectivity index (χ3n) is 2.29. The lowest BCUT2D eigenvalue weighted by Crippen LogP contribution is -2.36. The van der Waals surface area contributed by atoms with Crippen molar-refractivity contribution >= 4 is 17.6 Å². The minimum Gasteiger partial charge on any atom is -0.378 e. The maximum absolute atomic E-state index is 5.29. The molecule has 0 aliphatic carbocycles. The number of rotatable bonds is 2. The quantitative estimate of drug-likeness (QED) is 0.693. The number of hydrogen-bond donors (Lipinski definition) is 0. The van der Waals surface area contributed by atoms with Crippen LogP contribution in [-0.2, 0) is 4.74 Å². The van der Waals surface area contributed by atoms with Gasteiger partial charge in [0, 0.05) is 24.2 Å². The molecule has 1 saturated heterocycles. The highest BCUT2D eigenvalue weighted by molar-refractivity contribution is 7.98. The van der Waals surface area contributed by atoms with E-state index in [4.69, 9.17) is 4.74 Å². The van der Waals surface area contributed by atoms with E-state index in [1.54, 1.807) is 11.8 Å². The summed E-state index contributed by atoms with van der Waals surface area (Å²) in [6, 6.07) is 4.19. The van der Waals surface area contributed by atoms with Gasteiger partial charge in [0.15, 0.2) is 0 Å². The number of ether oxygens (including phenoxy) is 1. The molecule has 1 aliphatic rings. The molecule has 1 aromatic rings. The Labute approximate surface area is 88.5 Å². The van der Waals surface area contributed by atoms with E-state index in [2.05, 4.69) is 28.3 Å². The summed E-state index contributed by atoms with van der Waals surface area (Å²) in [7, 11) is 0. The van der Waals surface area contributed by atoms with Gasteiger partial charge in [0.1, 0.15) is 5.82 Å². The lowest BCUT2D eigenvalue weighted by atomic mass is 10.4. The number of aromatic nitrogens is 1. The van der Waals surface area contributed by atoms with Crippen molar-refractivity contribution in [3.8, 4) is 0 Å². The number of pyridine rings is 1. The van der Waals surface area contributed by atoms with Crippen LogP contribution in [0.15, 0.2) is 23.2 Å². The third-order valence-corrected chi connectivity index (χ3v) is 3.00. The van der Waals surface area contributed by atoms with Crippen molar-refractivity contribution in [1.29, 1.82) is 0 Å². The van der Waals surface area contributed by atoms with Crippen molar-refractivity contribution < 1.29 is 4.74 Å². The van der Waals surface area contributed by atoms with Crippen LogP contribution in [0.5, 0.6) is 0 Å². The fourth-order valence-corrected chi connectivity index (χ4v) is 1.83. The first kappa shape index (κ1) is 9.80. The fraction of sp³-hybridized carbons (Fsp3) is 0.500. The molecule has 1 aromatic heterocycles. The summed E-state index contributed by atoms with van der Waals surface area (Å²) in [5.41, 5.74) is 0. The smallest absolute Gasteiger partial charge is 0.128 e. The molecule has 0 unspecified atom stereocenters. The molecule has 0 atom stereocenters. The molecule has 4 heteroatoms. The zero-order valence-corrected chi connectivity index (χ0v) is 9.09. The Bertz CT molecular complexity index is 283. The molecular weight excluding hydrogens is 196 g/mol. The van der Waals surface area contributed by atoms with Crippen molar-refractivity contribution in [2.75, 3.05) is 37.5 Å². The molecule has 0 bridgehead atoms. The first-order chi connectivity index (χ1) is 6.90. The van der Waals surface area contributed by atoms with Crippen molar-refractivity contribution in [2.24, 2.45) is 0 Å². The molecule has 0 radical (unpaired) electrons. The Kier molecular flexibility index (Phi) is 3.26. The molecule has 2 rings (SSSR count). The topological polar surface area (TPSA) is 25.4 Å². The Morgan fingerprint density at radius 2 is 2.14 bits per heavy atom. The number of thioether (sulfide) groups is 1. The molecule has 14 heavy (non-hydrogen) atoms. The average Bonchev–Trinajstić information content (AvgIpc) is 2.30. The maximum atomic E-state index is 5.29. The van der Waals surface area contributed by atoms with E-state index in [0.29, 0.717) is 0 Å². The van der Waals surface area contributed by atoms with Crippen molar-refractivity contribution in [2.45, 2.75) is 4.90 Å². The van der Waals surface area contributed by atoms with Gasteiger partial charge in [0.25, 0.3) is 0 Å². The number of anilines is 1. The normalized spacial score (nSPS) is 17.1. The molecule has 3 nitrogen and oxygen atoms in total. The van der Waals surface area contributed by atoms with Gasteiger partial charge in [-0.25, -0.2) is 4.98 Å². The summed E-state index contributed by atoms with van der Waals surface area (Å²) in [6.07, 6.45) is 3.99. The highest BCUT2D eigenvalue weighted by atomic mass is 32.2. The zero-order chi connectivity index (χ0) is 9.80. The summed E-state index contributed by atoms with van der Waals surface area (Å²) >= 11 is 1.72. The Morgan fingerprint density at radius 1 is 1.36 bits per heavy atom. The van der Waals surface area contributed by atoms with E-state index in [1.165, 1.54) is 4.90 Å². The summed E-state index contributed by atoms with van der Waals surface area (Å²) < 4.78 is 5.29.